The Morgan fingerprint density at radius 2 is 1.43 bits per heavy atom. The fourth-order valence-corrected chi connectivity index (χ4v) is 4.82. The third-order valence-electron chi connectivity index (χ3n) is 6.94. The first-order valence-electron chi connectivity index (χ1n) is 14.2. The fraction of sp³-hybridized carbons (Fsp3) is 0.828. The van der Waals surface area contributed by atoms with Gasteiger partial charge in [0.05, 0.1) is 7.11 Å². The molecule has 0 aromatic carbocycles. The number of carbonyl (C=O) groups is 5. The third-order valence-corrected chi connectivity index (χ3v) is 6.94. The summed E-state index contributed by atoms with van der Waals surface area (Å²) >= 11 is 0. The molecular formula is C29H52N4O7. The van der Waals surface area contributed by atoms with Crippen LogP contribution in [0.1, 0.15) is 107 Å². The predicted molar refractivity (Wildman–Crippen MR) is 152 cm³/mol. The van der Waals surface area contributed by atoms with Crippen LogP contribution < -0.4 is 21.3 Å². The number of esters is 1. The highest BCUT2D eigenvalue weighted by Gasteiger charge is 2.39. The summed E-state index contributed by atoms with van der Waals surface area (Å²) < 4.78 is 10.1. The van der Waals surface area contributed by atoms with Crippen molar-refractivity contribution in [3.8, 4) is 0 Å². The summed E-state index contributed by atoms with van der Waals surface area (Å²) in [6, 6.07) is -0.921. The van der Waals surface area contributed by atoms with E-state index < -0.39 is 52.0 Å². The van der Waals surface area contributed by atoms with Crippen molar-refractivity contribution < 1.29 is 33.4 Å². The Balaban J connectivity index is 2.93. The zero-order valence-corrected chi connectivity index (χ0v) is 26.2. The van der Waals surface area contributed by atoms with E-state index in [4.69, 9.17) is 9.47 Å². The van der Waals surface area contributed by atoms with E-state index in [0.29, 0.717) is 13.0 Å². The molecule has 0 radical (unpaired) electrons. The molecule has 40 heavy (non-hydrogen) atoms. The summed E-state index contributed by atoms with van der Waals surface area (Å²) in [5.41, 5.74) is -3.67. The van der Waals surface area contributed by atoms with Gasteiger partial charge in [0.2, 0.25) is 17.7 Å². The molecule has 4 amide bonds. The molecule has 0 aromatic rings. The number of carbonyl (C=O) groups excluding carboxylic acids is 5. The minimum absolute atomic E-state index is 0.0682. The van der Waals surface area contributed by atoms with Gasteiger partial charge in [-0.25, -0.2) is 9.59 Å². The van der Waals surface area contributed by atoms with Gasteiger partial charge in [0.15, 0.2) is 0 Å². The Kier molecular flexibility index (Phi) is 12.5. The standard InChI is InChI=1S/C29H52N4O7/c1-19(2)16-20(22(35)33-28(8,9)24(37)39-10)31-23(36)27(6,7)32-21(34)17-29(14-12-11-13-15-29)18-30-25(38)40-26(3,4)5/h19-20H,11-18H2,1-10H3,(H,30,38)(H,31,36)(H,32,34)(H,33,35)/t20-/m0/s1. The maximum atomic E-state index is 13.3. The number of rotatable bonds is 12. The maximum absolute atomic E-state index is 13.3. The van der Waals surface area contributed by atoms with Crippen LogP contribution in [0, 0.1) is 11.3 Å². The highest BCUT2D eigenvalue weighted by atomic mass is 16.6. The van der Waals surface area contributed by atoms with Crippen molar-refractivity contribution in [2.24, 2.45) is 11.3 Å². The van der Waals surface area contributed by atoms with Gasteiger partial charge in [-0.05, 0) is 79.1 Å². The molecule has 1 fully saturated rings. The van der Waals surface area contributed by atoms with Crippen molar-refractivity contribution in [1.82, 2.24) is 21.3 Å². The number of hydrogen-bond donors (Lipinski definition) is 4. The molecule has 0 bridgehead atoms. The van der Waals surface area contributed by atoms with Gasteiger partial charge in [-0.3, -0.25) is 14.4 Å². The van der Waals surface area contributed by atoms with E-state index in [-0.39, 0.29) is 18.2 Å². The Labute approximate surface area is 239 Å². The largest absolute Gasteiger partial charge is 0.467 e. The second kappa shape index (κ2) is 14.2. The van der Waals surface area contributed by atoms with Crippen LogP contribution in [0.3, 0.4) is 0 Å². The minimum atomic E-state index is -1.32. The summed E-state index contributed by atoms with van der Waals surface area (Å²) in [6.45, 7) is 15.7. The Bertz CT molecular complexity index is 916. The molecule has 1 aliphatic carbocycles. The van der Waals surface area contributed by atoms with Gasteiger partial charge >= 0.3 is 12.1 Å². The second-order valence-electron chi connectivity index (χ2n) is 13.5. The molecule has 0 spiro atoms. The first-order valence-corrected chi connectivity index (χ1v) is 14.2. The van der Waals surface area contributed by atoms with Crippen molar-refractivity contribution in [2.45, 2.75) is 130 Å². The Morgan fingerprint density at radius 1 is 0.850 bits per heavy atom. The topological polar surface area (TPSA) is 152 Å². The molecule has 0 unspecified atom stereocenters. The highest BCUT2D eigenvalue weighted by Crippen LogP contribution is 2.39. The summed E-state index contributed by atoms with van der Waals surface area (Å²) in [5.74, 6) is -1.90. The molecule has 4 N–H and O–H groups in total. The molecule has 11 nitrogen and oxygen atoms in total. The second-order valence-corrected chi connectivity index (χ2v) is 13.5. The van der Waals surface area contributed by atoms with E-state index in [2.05, 4.69) is 21.3 Å². The van der Waals surface area contributed by atoms with Gasteiger partial charge in [-0.1, -0.05) is 33.1 Å². The lowest BCUT2D eigenvalue weighted by molar-refractivity contribution is -0.149. The molecule has 1 saturated carbocycles. The van der Waals surface area contributed by atoms with Crippen molar-refractivity contribution in [3.63, 3.8) is 0 Å². The molecule has 0 saturated heterocycles. The molecule has 230 valence electrons. The van der Waals surface area contributed by atoms with Crippen LogP contribution in [0.5, 0.6) is 0 Å². The summed E-state index contributed by atoms with van der Waals surface area (Å²) in [4.78, 5) is 63.9. The molecule has 1 aliphatic rings. The number of amides is 4. The molecule has 0 aromatic heterocycles. The van der Waals surface area contributed by atoms with E-state index >= 15 is 0 Å². The Hall–Kier alpha value is -2.85. The van der Waals surface area contributed by atoms with E-state index in [1.165, 1.54) is 21.0 Å². The van der Waals surface area contributed by atoms with Gasteiger partial charge < -0.3 is 30.7 Å². The van der Waals surface area contributed by atoms with Crippen LogP contribution >= 0.6 is 0 Å². The molecule has 0 aliphatic heterocycles. The van der Waals surface area contributed by atoms with Crippen LogP contribution in [0.15, 0.2) is 0 Å². The average molecular weight is 569 g/mol. The predicted octanol–water partition coefficient (Wildman–Crippen LogP) is 3.35. The monoisotopic (exact) mass is 568 g/mol. The quantitative estimate of drug-likeness (QED) is 0.264. The highest BCUT2D eigenvalue weighted by molar-refractivity contribution is 5.96. The zero-order valence-electron chi connectivity index (χ0n) is 26.2. The van der Waals surface area contributed by atoms with Crippen LogP contribution in [0.25, 0.3) is 0 Å². The first kappa shape index (κ1) is 35.2. The lowest BCUT2D eigenvalue weighted by Gasteiger charge is -2.38. The van der Waals surface area contributed by atoms with Crippen LogP contribution in [-0.4, -0.2) is 66.2 Å². The SMILES string of the molecule is COC(=O)C(C)(C)NC(=O)[C@H](CC(C)C)NC(=O)C(C)(C)NC(=O)CC1(CNC(=O)OC(C)(C)C)CCCCC1. The normalized spacial score (nSPS) is 16.4. The van der Waals surface area contributed by atoms with Crippen LogP contribution in [0.2, 0.25) is 0 Å². The maximum Gasteiger partial charge on any atom is 0.407 e. The average Bonchev–Trinajstić information content (AvgIpc) is 2.80. The summed E-state index contributed by atoms with van der Waals surface area (Å²) in [6.07, 6.45) is 4.45. The molecule has 11 heteroatoms. The molecule has 0 heterocycles. The Morgan fingerprint density at radius 3 is 1.93 bits per heavy atom. The van der Waals surface area contributed by atoms with Gasteiger partial charge in [0.25, 0.3) is 0 Å². The number of methoxy groups -OCH3 is 1. The lowest BCUT2D eigenvalue weighted by Crippen LogP contribution is -2.61. The third kappa shape index (κ3) is 11.7. The van der Waals surface area contributed by atoms with Gasteiger partial charge in [0, 0.05) is 13.0 Å². The van der Waals surface area contributed by atoms with E-state index in [9.17, 15) is 24.0 Å². The van der Waals surface area contributed by atoms with Crippen LogP contribution in [-0.2, 0) is 28.7 Å². The number of hydrogen-bond acceptors (Lipinski definition) is 7. The molecule has 1 atom stereocenters. The summed E-state index contributed by atoms with van der Waals surface area (Å²) in [5, 5.41) is 11.1. The smallest absolute Gasteiger partial charge is 0.407 e. The number of ether oxygens (including phenoxy) is 2. The van der Waals surface area contributed by atoms with Crippen molar-refractivity contribution in [3.05, 3.63) is 0 Å². The first-order chi connectivity index (χ1) is 18.2. The van der Waals surface area contributed by atoms with Crippen molar-refractivity contribution in [1.29, 1.82) is 0 Å². The van der Waals surface area contributed by atoms with Crippen LogP contribution in [0.4, 0.5) is 4.79 Å². The number of nitrogens with one attached hydrogen (secondary N) is 4. The van der Waals surface area contributed by atoms with Gasteiger partial charge in [0.1, 0.15) is 22.7 Å². The fourth-order valence-electron chi connectivity index (χ4n) is 4.82. The van der Waals surface area contributed by atoms with Gasteiger partial charge in [-0.15, -0.1) is 0 Å². The number of alkyl carbamates (subject to hydrolysis) is 1. The van der Waals surface area contributed by atoms with Crippen molar-refractivity contribution in [2.75, 3.05) is 13.7 Å². The van der Waals surface area contributed by atoms with E-state index in [1.807, 2.05) is 13.8 Å². The molecule has 1 rings (SSSR count). The minimum Gasteiger partial charge on any atom is -0.467 e. The van der Waals surface area contributed by atoms with Gasteiger partial charge in [-0.2, -0.15) is 0 Å². The zero-order chi connectivity index (χ0) is 30.9. The molecular weight excluding hydrogens is 516 g/mol. The lowest BCUT2D eigenvalue weighted by atomic mass is 9.71. The van der Waals surface area contributed by atoms with E-state index in [1.54, 1.807) is 34.6 Å². The van der Waals surface area contributed by atoms with Crippen molar-refractivity contribution >= 4 is 29.8 Å². The van der Waals surface area contributed by atoms with E-state index in [0.717, 1.165) is 32.1 Å². The summed E-state index contributed by atoms with van der Waals surface area (Å²) in [7, 11) is 1.24.